The summed E-state index contributed by atoms with van der Waals surface area (Å²) < 4.78 is 21.4. The minimum atomic E-state index is -0.395. The highest BCUT2D eigenvalue weighted by molar-refractivity contribution is 9.10. The molecule has 0 saturated carbocycles. The number of rotatable bonds is 6. The average Bonchev–Trinajstić information content (AvgIpc) is 3.17. The van der Waals surface area contributed by atoms with Crippen molar-refractivity contribution in [3.05, 3.63) is 94.5 Å². The highest BCUT2D eigenvalue weighted by atomic mass is 79.9. The summed E-state index contributed by atoms with van der Waals surface area (Å²) in [4.78, 5) is 17.5. The zero-order chi connectivity index (χ0) is 21.1. The van der Waals surface area contributed by atoms with Crippen molar-refractivity contribution in [1.82, 2.24) is 14.9 Å². The third kappa shape index (κ3) is 4.21. The molecular weight excluding hydrogens is 449 g/mol. The molecule has 0 aliphatic rings. The average molecular weight is 468 g/mol. The van der Waals surface area contributed by atoms with E-state index in [1.165, 1.54) is 12.1 Å². The summed E-state index contributed by atoms with van der Waals surface area (Å²) in [6, 6.07) is 18.7. The summed E-state index contributed by atoms with van der Waals surface area (Å²) in [5.41, 5.74) is 3.08. The first-order valence-corrected chi connectivity index (χ1v) is 10.1. The second-order valence-corrected chi connectivity index (χ2v) is 7.66. The monoisotopic (exact) mass is 467 g/mol. The van der Waals surface area contributed by atoms with Gasteiger partial charge >= 0.3 is 0 Å². The minimum absolute atomic E-state index is 0.264. The van der Waals surface area contributed by atoms with E-state index in [2.05, 4.69) is 26.2 Å². The van der Waals surface area contributed by atoms with Gasteiger partial charge in [-0.1, -0.05) is 24.3 Å². The van der Waals surface area contributed by atoms with Crippen molar-refractivity contribution >= 4 is 32.9 Å². The van der Waals surface area contributed by atoms with Crippen LogP contribution in [0, 0.1) is 5.82 Å². The smallest absolute Gasteiger partial charge is 0.253 e. The summed E-state index contributed by atoms with van der Waals surface area (Å²) in [5.74, 6) is -0.00532. The molecule has 0 aliphatic carbocycles. The maximum absolute atomic E-state index is 13.5. The van der Waals surface area contributed by atoms with Crippen LogP contribution in [0.4, 0.5) is 4.39 Å². The molecule has 7 heteroatoms. The Hall–Kier alpha value is -3.19. The third-order valence-corrected chi connectivity index (χ3v) is 5.59. The first kappa shape index (κ1) is 20.1. The molecule has 4 rings (SSSR count). The van der Waals surface area contributed by atoms with E-state index in [9.17, 15) is 9.18 Å². The predicted molar refractivity (Wildman–Crippen MR) is 117 cm³/mol. The lowest BCUT2D eigenvalue weighted by molar-refractivity contribution is 0.0931. The molecule has 1 heterocycles. The van der Waals surface area contributed by atoms with Gasteiger partial charge in [-0.3, -0.25) is 4.79 Å². The normalized spacial score (nSPS) is 12.0. The second-order valence-electron chi connectivity index (χ2n) is 6.81. The number of nitrogens with one attached hydrogen (secondary N) is 1. The molecule has 1 aromatic heterocycles. The van der Waals surface area contributed by atoms with Gasteiger partial charge in [0, 0.05) is 11.0 Å². The molecular formula is C23H19BrFN3O2. The number of ether oxygens (including phenoxy) is 1. The van der Waals surface area contributed by atoms with Crippen molar-refractivity contribution in [1.29, 1.82) is 0 Å². The molecule has 0 aliphatic heterocycles. The zero-order valence-corrected chi connectivity index (χ0v) is 17.8. The molecule has 1 N–H and O–H groups in total. The standard InChI is InChI=1S/C23H19BrFN3O2/c1-30-17-10-11-19(24)18(12-17)23(29)27-21(15-6-8-16(25)9-7-15)13-28-14-26-20-4-2-3-5-22(20)28/h2-12,14,21H,13H2,1H3,(H,27,29). The number of benzene rings is 3. The Morgan fingerprint density at radius 2 is 1.93 bits per heavy atom. The van der Waals surface area contributed by atoms with E-state index >= 15 is 0 Å². The van der Waals surface area contributed by atoms with Gasteiger partial charge in [0.25, 0.3) is 5.91 Å². The number of carbonyl (C=O) groups excluding carboxylic acids is 1. The largest absolute Gasteiger partial charge is 0.497 e. The Morgan fingerprint density at radius 3 is 2.70 bits per heavy atom. The molecule has 5 nitrogen and oxygen atoms in total. The summed E-state index contributed by atoms with van der Waals surface area (Å²) in [6.07, 6.45) is 1.74. The number of halogens is 2. The van der Waals surface area contributed by atoms with Gasteiger partial charge in [0.1, 0.15) is 11.6 Å². The molecule has 0 saturated heterocycles. The van der Waals surface area contributed by atoms with Crippen LogP contribution < -0.4 is 10.1 Å². The highest BCUT2D eigenvalue weighted by Crippen LogP contribution is 2.25. The Bertz CT molecular complexity index is 1190. The summed E-state index contributed by atoms with van der Waals surface area (Å²) >= 11 is 3.43. The number of imidazole rings is 1. The van der Waals surface area contributed by atoms with Crippen LogP contribution in [0.2, 0.25) is 0 Å². The van der Waals surface area contributed by atoms with Gasteiger partial charge in [-0.05, 0) is 64.0 Å². The fraction of sp³-hybridized carbons (Fsp3) is 0.130. The van der Waals surface area contributed by atoms with Crippen LogP contribution in [0.15, 0.2) is 77.5 Å². The van der Waals surface area contributed by atoms with Gasteiger partial charge in [0.05, 0.1) is 36.1 Å². The van der Waals surface area contributed by atoms with Crippen LogP contribution >= 0.6 is 15.9 Å². The molecule has 0 radical (unpaired) electrons. The summed E-state index contributed by atoms with van der Waals surface area (Å²) in [5, 5.41) is 3.07. The van der Waals surface area contributed by atoms with Crippen LogP contribution in [-0.4, -0.2) is 22.6 Å². The maximum atomic E-state index is 13.5. The third-order valence-electron chi connectivity index (χ3n) is 4.90. The van der Waals surface area contributed by atoms with E-state index in [1.54, 1.807) is 43.8 Å². The number of carbonyl (C=O) groups is 1. The Balaban J connectivity index is 1.67. The van der Waals surface area contributed by atoms with E-state index in [1.807, 2.05) is 28.8 Å². The number of hydrogen-bond donors (Lipinski definition) is 1. The Kier molecular flexibility index (Phi) is 5.81. The van der Waals surface area contributed by atoms with Gasteiger partial charge in [-0.25, -0.2) is 9.37 Å². The van der Waals surface area contributed by atoms with Crippen LogP contribution in [0.25, 0.3) is 11.0 Å². The first-order chi connectivity index (χ1) is 14.5. The number of fused-ring (bicyclic) bond motifs is 1. The van der Waals surface area contributed by atoms with Crippen molar-refractivity contribution in [2.75, 3.05) is 7.11 Å². The number of nitrogens with zero attached hydrogens (tertiary/aromatic N) is 2. The van der Waals surface area contributed by atoms with E-state index in [4.69, 9.17) is 4.74 Å². The van der Waals surface area contributed by atoms with E-state index < -0.39 is 6.04 Å². The maximum Gasteiger partial charge on any atom is 0.253 e. The summed E-state index contributed by atoms with van der Waals surface area (Å²) in [6.45, 7) is 0.444. The minimum Gasteiger partial charge on any atom is -0.497 e. The van der Waals surface area contributed by atoms with E-state index in [0.29, 0.717) is 22.3 Å². The SMILES string of the molecule is COc1ccc(Br)c(C(=O)NC(Cn2cnc3ccccc32)c2ccc(F)cc2)c1. The van der Waals surface area contributed by atoms with E-state index in [0.717, 1.165) is 16.6 Å². The van der Waals surface area contributed by atoms with Crippen LogP contribution in [0.1, 0.15) is 22.0 Å². The van der Waals surface area contributed by atoms with Gasteiger partial charge in [0.15, 0.2) is 0 Å². The number of hydrogen-bond acceptors (Lipinski definition) is 3. The lowest BCUT2D eigenvalue weighted by Crippen LogP contribution is -2.31. The van der Waals surface area contributed by atoms with Crippen molar-refractivity contribution in [2.45, 2.75) is 12.6 Å². The number of para-hydroxylation sites is 2. The zero-order valence-electron chi connectivity index (χ0n) is 16.2. The van der Waals surface area contributed by atoms with Gasteiger partial charge in [-0.15, -0.1) is 0 Å². The van der Waals surface area contributed by atoms with Crippen LogP contribution in [0.3, 0.4) is 0 Å². The van der Waals surface area contributed by atoms with E-state index in [-0.39, 0.29) is 11.7 Å². The number of aromatic nitrogens is 2. The fourth-order valence-corrected chi connectivity index (χ4v) is 3.75. The number of methoxy groups -OCH3 is 1. The molecule has 0 bridgehead atoms. The van der Waals surface area contributed by atoms with Crippen molar-refractivity contribution in [3.63, 3.8) is 0 Å². The van der Waals surface area contributed by atoms with Crippen LogP contribution in [-0.2, 0) is 6.54 Å². The Labute approximate surface area is 181 Å². The lowest BCUT2D eigenvalue weighted by Gasteiger charge is -2.21. The topological polar surface area (TPSA) is 56.1 Å². The lowest BCUT2D eigenvalue weighted by atomic mass is 10.1. The molecule has 1 atom stereocenters. The molecule has 3 aromatic carbocycles. The van der Waals surface area contributed by atoms with Crippen molar-refractivity contribution in [2.24, 2.45) is 0 Å². The molecule has 0 spiro atoms. The van der Waals surface area contributed by atoms with Crippen molar-refractivity contribution < 1.29 is 13.9 Å². The first-order valence-electron chi connectivity index (χ1n) is 9.35. The second kappa shape index (κ2) is 8.67. The quantitative estimate of drug-likeness (QED) is 0.428. The highest BCUT2D eigenvalue weighted by Gasteiger charge is 2.20. The molecule has 1 unspecified atom stereocenters. The molecule has 0 fully saturated rings. The Morgan fingerprint density at radius 1 is 1.17 bits per heavy atom. The van der Waals surface area contributed by atoms with Gasteiger partial charge < -0.3 is 14.6 Å². The molecule has 1 amide bonds. The summed E-state index contributed by atoms with van der Waals surface area (Å²) in [7, 11) is 1.55. The molecule has 30 heavy (non-hydrogen) atoms. The van der Waals surface area contributed by atoms with Gasteiger partial charge in [-0.2, -0.15) is 0 Å². The number of amides is 1. The fourth-order valence-electron chi connectivity index (χ4n) is 3.32. The van der Waals surface area contributed by atoms with Gasteiger partial charge in [0.2, 0.25) is 0 Å². The van der Waals surface area contributed by atoms with Crippen LogP contribution in [0.5, 0.6) is 5.75 Å². The molecule has 4 aromatic rings. The van der Waals surface area contributed by atoms with Crippen molar-refractivity contribution in [3.8, 4) is 5.75 Å². The predicted octanol–water partition coefficient (Wildman–Crippen LogP) is 5.12. The molecule has 152 valence electrons.